The van der Waals surface area contributed by atoms with Crippen LogP contribution in [0.3, 0.4) is 0 Å². The summed E-state index contributed by atoms with van der Waals surface area (Å²) in [5.74, 6) is 1.22. The molecule has 0 atom stereocenters. The van der Waals surface area contributed by atoms with Crippen LogP contribution in [0.1, 0.15) is 0 Å². The van der Waals surface area contributed by atoms with Gasteiger partial charge in [0.05, 0.1) is 18.7 Å². The summed E-state index contributed by atoms with van der Waals surface area (Å²) in [6, 6.07) is 7.43. The zero-order valence-corrected chi connectivity index (χ0v) is 10.6. The minimum Gasteiger partial charge on any atom is -0.480 e. The summed E-state index contributed by atoms with van der Waals surface area (Å²) in [6.07, 6.45) is 5.10. The molecule has 4 aromatic rings. The molecule has 0 saturated heterocycles. The number of nitrogens with zero attached hydrogens (tertiary/aromatic N) is 4. The summed E-state index contributed by atoms with van der Waals surface area (Å²) in [6.45, 7) is 0. The van der Waals surface area contributed by atoms with Gasteiger partial charge in [-0.25, -0.2) is 14.5 Å². The van der Waals surface area contributed by atoms with E-state index in [0.29, 0.717) is 11.6 Å². The van der Waals surface area contributed by atoms with Crippen LogP contribution in [0.15, 0.2) is 47.3 Å². The highest BCUT2D eigenvalue weighted by molar-refractivity contribution is 5.86. The molecule has 6 nitrogen and oxygen atoms in total. The Balaban J connectivity index is 1.98. The van der Waals surface area contributed by atoms with Crippen molar-refractivity contribution >= 4 is 16.6 Å². The van der Waals surface area contributed by atoms with E-state index in [9.17, 15) is 0 Å². The fraction of sp³-hybridized carbons (Fsp3) is 0.0714. The molecular formula is C14H10N4O2. The molecule has 98 valence electrons. The molecule has 0 fully saturated rings. The van der Waals surface area contributed by atoms with Crippen molar-refractivity contribution in [2.24, 2.45) is 0 Å². The predicted octanol–water partition coefficient (Wildman–Crippen LogP) is 2.55. The Hall–Kier alpha value is -2.89. The van der Waals surface area contributed by atoms with Crippen molar-refractivity contribution in [1.82, 2.24) is 19.6 Å². The Morgan fingerprint density at radius 3 is 3.05 bits per heavy atom. The molecule has 0 amide bonds. The van der Waals surface area contributed by atoms with E-state index < -0.39 is 0 Å². The lowest BCUT2D eigenvalue weighted by atomic mass is 10.3. The molecule has 4 aromatic heterocycles. The zero-order chi connectivity index (χ0) is 13.5. The Bertz CT molecular complexity index is 910. The maximum absolute atomic E-state index is 5.84. The monoisotopic (exact) mass is 266 g/mol. The molecule has 20 heavy (non-hydrogen) atoms. The summed E-state index contributed by atoms with van der Waals surface area (Å²) >= 11 is 0. The molecule has 4 heterocycles. The van der Waals surface area contributed by atoms with E-state index in [0.717, 1.165) is 22.3 Å². The van der Waals surface area contributed by atoms with Gasteiger partial charge >= 0.3 is 0 Å². The van der Waals surface area contributed by atoms with Gasteiger partial charge in [0.25, 0.3) is 0 Å². The molecule has 0 aliphatic heterocycles. The summed E-state index contributed by atoms with van der Waals surface area (Å²) in [5.41, 5.74) is 2.28. The molecule has 0 radical (unpaired) electrons. The average Bonchev–Trinajstić information content (AvgIpc) is 3.10. The SMILES string of the molecule is COc1nccc2oc(-c3cnc4cccnn34)cc12. The highest BCUT2D eigenvalue weighted by Gasteiger charge is 2.14. The van der Waals surface area contributed by atoms with E-state index in [2.05, 4.69) is 15.1 Å². The topological polar surface area (TPSA) is 65.5 Å². The van der Waals surface area contributed by atoms with Gasteiger partial charge in [0.15, 0.2) is 11.4 Å². The number of hydrogen-bond acceptors (Lipinski definition) is 5. The van der Waals surface area contributed by atoms with Gasteiger partial charge in [0.2, 0.25) is 5.88 Å². The third-order valence-electron chi connectivity index (χ3n) is 3.13. The van der Waals surface area contributed by atoms with Gasteiger partial charge in [0.1, 0.15) is 11.3 Å². The molecule has 0 unspecified atom stereocenters. The second-order valence-electron chi connectivity index (χ2n) is 4.28. The first-order chi connectivity index (χ1) is 9.86. The first kappa shape index (κ1) is 11.0. The van der Waals surface area contributed by atoms with Crippen molar-refractivity contribution < 1.29 is 9.15 Å². The lowest BCUT2D eigenvalue weighted by Crippen LogP contribution is -1.91. The van der Waals surface area contributed by atoms with Crippen LogP contribution in [0.25, 0.3) is 28.1 Å². The van der Waals surface area contributed by atoms with E-state index in [-0.39, 0.29) is 0 Å². The number of ether oxygens (including phenoxy) is 1. The van der Waals surface area contributed by atoms with Crippen LogP contribution >= 0.6 is 0 Å². The molecule has 0 N–H and O–H groups in total. The molecule has 6 heteroatoms. The molecule has 0 aliphatic rings. The molecule has 0 aliphatic carbocycles. The van der Waals surface area contributed by atoms with Crippen molar-refractivity contribution in [2.45, 2.75) is 0 Å². The minimum atomic E-state index is 0.541. The summed E-state index contributed by atoms with van der Waals surface area (Å²) in [5, 5.41) is 5.11. The normalized spacial score (nSPS) is 11.2. The molecule has 4 rings (SSSR count). The van der Waals surface area contributed by atoms with E-state index in [4.69, 9.17) is 9.15 Å². The molecular weight excluding hydrogens is 256 g/mol. The Morgan fingerprint density at radius 1 is 1.20 bits per heavy atom. The maximum Gasteiger partial charge on any atom is 0.224 e. The van der Waals surface area contributed by atoms with Crippen LogP contribution in [0.2, 0.25) is 0 Å². The minimum absolute atomic E-state index is 0.541. The fourth-order valence-corrected chi connectivity index (χ4v) is 2.22. The van der Waals surface area contributed by atoms with Crippen LogP contribution in [-0.2, 0) is 0 Å². The Morgan fingerprint density at radius 2 is 2.15 bits per heavy atom. The van der Waals surface area contributed by atoms with Gasteiger partial charge in [-0.1, -0.05) is 0 Å². The Labute approximate surface area is 113 Å². The molecule has 0 saturated carbocycles. The van der Waals surface area contributed by atoms with E-state index >= 15 is 0 Å². The Kier molecular flexibility index (Phi) is 2.23. The van der Waals surface area contributed by atoms with Gasteiger partial charge in [-0.3, -0.25) is 0 Å². The van der Waals surface area contributed by atoms with Gasteiger partial charge in [-0.2, -0.15) is 5.10 Å². The van der Waals surface area contributed by atoms with E-state index in [1.807, 2.05) is 18.2 Å². The first-order valence-electron chi connectivity index (χ1n) is 6.08. The lowest BCUT2D eigenvalue weighted by molar-refractivity contribution is 0.403. The smallest absolute Gasteiger partial charge is 0.224 e. The standard InChI is InChI=1S/C14H10N4O2/c1-19-14-9-7-12(20-11(9)4-6-15-14)10-8-16-13-3-2-5-17-18(10)13/h2-8H,1H3. The van der Waals surface area contributed by atoms with Crippen LogP contribution in [0, 0.1) is 0 Å². The predicted molar refractivity (Wildman–Crippen MR) is 72.5 cm³/mol. The van der Waals surface area contributed by atoms with Crippen molar-refractivity contribution in [2.75, 3.05) is 7.11 Å². The number of furan rings is 1. The number of rotatable bonds is 2. The van der Waals surface area contributed by atoms with Gasteiger partial charge in [0, 0.05) is 18.5 Å². The lowest BCUT2D eigenvalue weighted by Gasteiger charge is -1.96. The number of hydrogen-bond donors (Lipinski definition) is 0. The van der Waals surface area contributed by atoms with Gasteiger partial charge in [-0.15, -0.1) is 0 Å². The second-order valence-corrected chi connectivity index (χ2v) is 4.28. The largest absolute Gasteiger partial charge is 0.480 e. The second kappa shape index (κ2) is 4.06. The number of pyridine rings is 1. The third-order valence-corrected chi connectivity index (χ3v) is 3.13. The number of aromatic nitrogens is 4. The highest BCUT2D eigenvalue weighted by atomic mass is 16.5. The molecule has 0 aromatic carbocycles. The van der Waals surface area contributed by atoms with E-state index in [1.165, 1.54) is 0 Å². The first-order valence-corrected chi connectivity index (χ1v) is 6.08. The number of imidazole rings is 1. The van der Waals surface area contributed by atoms with Gasteiger partial charge in [-0.05, 0) is 18.2 Å². The summed E-state index contributed by atoms with van der Waals surface area (Å²) in [4.78, 5) is 8.46. The van der Waals surface area contributed by atoms with E-state index in [1.54, 1.807) is 36.3 Å². The number of fused-ring (bicyclic) bond motifs is 2. The quantitative estimate of drug-likeness (QED) is 0.558. The molecule has 0 bridgehead atoms. The fourth-order valence-electron chi connectivity index (χ4n) is 2.22. The van der Waals surface area contributed by atoms with Crippen molar-refractivity contribution in [3.05, 3.63) is 42.9 Å². The van der Waals surface area contributed by atoms with Crippen LogP contribution < -0.4 is 4.74 Å². The zero-order valence-electron chi connectivity index (χ0n) is 10.6. The van der Waals surface area contributed by atoms with Crippen LogP contribution in [-0.4, -0.2) is 26.7 Å². The number of methoxy groups -OCH3 is 1. The third kappa shape index (κ3) is 1.48. The average molecular weight is 266 g/mol. The maximum atomic E-state index is 5.84. The summed E-state index contributed by atoms with van der Waals surface area (Å²) in [7, 11) is 1.59. The van der Waals surface area contributed by atoms with Crippen molar-refractivity contribution in [3.63, 3.8) is 0 Å². The van der Waals surface area contributed by atoms with Crippen LogP contribution in [0.5, 0.6) is 5.88 Å². The van der Waals surface area contributed by atoms with Gasteiger partial charge < -0.3 is 9.15 Å². The molecule has 0 spiro atoms. The summed E-state index contributed by atoms with van der Waals surface area (Å²) < 4.78 is 12.8. The van der Waals surface area contributed by atoms with Crippen molar-refractivity contribution in [3.8, 4) is 17.3 Å². The van der Waals surface area contributed by atoms with Crippen molar-refractivity contribution in [1.29, 1.82) is 0 Å². The van der Waals surface area contributed by atoms with Crippen LogP contribution in [0.4, 0.5) is 0 Å². The highest BCUT2D eigenvalue weighted by Crippen LogP contribution is 2.31.